The molecule has 4 rings (SSSR count). The highest BCUT2D eigenvalue weighted by molar-refractivity contribution is 6.31. The van der Waals surface area contributed by atoms with Gasteiger partial charge in [0.2, 0.25) is 5.91 Å². The van der Waals surface area contributed by atoms with E-state index in [1.807, 2.05) is 17.9 Å². The smallest absolute Gasteiger partial charge is 0.324 e. The van der Waals surface area contributed by atoms with E-state index >= 15 is 0 Å². The number of fused-ring (bicyclic) bond motifs is 1. The van der Waals surface area contributed by atoms with Crippen LogP contribution in [0.2, 0.25) is 5.02 Å². The zero-order valence-corrected chi connectivity index (χ0v) is 18.5. The number of piperidine rings is 1. The van der Waals surface area contributed by atoms with Gasteiger partial charge in [-0.25, -0.2) is 4.79 Å². The third-order valence-corrected chi connectivity index (χ3v) is 6.78. The second kappa shape index (κ2) is 9.46. The van der Waals surface area contributed by atoms with Crippen molar-refractivity contribution in [1.82, 2.24) is 10.2 Å². The lowest BCUT2D eigenvalue weighted by Gasteiger charge is -2.39. The molecule has 1 atom stereocenters. The lowest BCUT2D eigenvalue weighted by Crippen LogP contribution is -2.52. The molecule has 1 N–H and O–H groups in total. The molecular weight excluding hydrogens is 402 g/mol. The predicted molar refractivity (Wildman–Crippen MR) is 118 cm³/mol. The van der Waals surface area contributed by atoms with E-state index in [0.29, 0.717) is 49.3 Å². The maximum atomic E-state index is 13.3. The Kier molecular flexibility index (Phi) is 6.71. The highest BCUT2D eigenvalue weighted by Gasteiger charge is 2.34. The van der Waals surface area contributed by atoms with Crippen LogP contribution in [-0.2, 0) is 4.79 Å². The van der Waals surface area contributed by atoms with Crippen LogP contribution >= 0.6 is 11.6 Å². The highest BCUT2D eigenvalue weighted by atomic mass is 35.5. The summed E-state index contributed by atoms with van der Waals surface area (Å²) >= 11 is 6.16. The Morgan fingerprint density at radius 3 is 2.47 bits per heavy atom. The van der Waals surface area contributed by atoms with Gasteiger partial charge in [0.25, 0.3) is 0 Å². The predicted octanol–water partition coefficient (Wildman–Crippen LogP) is 4.60. The minimum absolute atomic E-state index is 0.00245. The van der Waals surface area contributed by atoms with Gasteiger partial charge in [0, 0.05) is 30.1 Å². The monoisotopic (exact) mass is 433 g/mol. The zero-order chi connectivity index (χ0) is 21.1. The molecule has 30 heavy (non-hydrogen) atoms. The van der Waals surface area contributed by atoms with E-state index in [2.05, 4.69) is 5.32 Å². The van der Waals surface area contributed by atoms with Gasteiger partial charge >= 0.3 is 6.03 Å². The molecule has 1 saturated heterocycles. The quantitative estimate of drug-likeness (QED) is 0.693. The zero-order valence-electron chi connectivity index (χ0n) is 17.7. The highest BCUT2D eigenvalue weighted by Crippen LogP contribution is 2.36. The number of amides is 3. The van der Waals surface area contributed by atoms with Gasteiger partial charge in [-0.2, -0.15) is 0 Å². The second-order valence-electron chi connectivity index (χ2n) is 8.89. The first kappa shape index (κ1) is 21.3. The Bertz CT molecular complexity index is 771. The number of halogens is 1. The summed E-state index contributed by atoms with van der Waals surface area (Å²) < 4.78 is 5.86. The van der Waals surface area contributed by atoms with Crippen molar-refractivity contribution in [2.75, 3.05) is 24.5 Å². The molecule has 0 unspecified atom stereocenters. The molecule has 0 aromatic heterocycles. The number of rotatable bonds is 2. The summed E-state index contributed by atoms with van der Waals surface area (Å²) in [6, 6.07) is 5.68. The van der Waals surface area contributed by atoms with Crippen molar-refractivity contribution in [1.29, 1.82) is 0 Å². The van der Waals surface area contributed by atoms with Crippen LogP contribution in [0.15, 0.2) is 18.2 Å². The van der Waals surface area contributed by atoms with Crippen molar-refractivity contribution in [3.63, 3.8) is 0 Å². The molecule has 3 amide bonds. The molecule has 1 saturated carbocycles. The average Bonchev–Trinajstić information content (AvgIpc) is 3.02. The Balaban J connectivity index is 1.34. The summed E-state index contributed by atoms with van der Waals surface area (Å²) in [7, 11) is 0. The minimum Gasteiger partial charge on any atom is -0.487 e. The van der Waals surface area contributed by atoms with Crippen LogP contribution in [-0.4, -0.2) is 48.6 Å². The fraction of sp³-hybridized carbons (Fsp3) is 0.652. The molecule has 2 heterocycles. The molecule has 6 nitrogen and oxygen atoms in total. The number of hydrogen-bond donors (Lipinski definition) is 1. The summed E-state index contributed by atoms with van der Waals surface area (Å²) in [6.45, 7) is 3.66. The van der Waals surface area contributed by atoms with E-state index in [4.69, 9.17) is 16.3 Å². The number of likely N-dealkylation sites (tertiary alicyclic amines) is 1. The fourth-order valence-corrected chi connectivity index (χ4v) is 5.00. The molecule has 1 aromatic rings. The van der Waals surface area contributed by atoms with E-state index in [0.717, 1.165) is 18.5 Å². The van der Waals surface area contributed by atoms with Gasteiger partial charge in [-0.3, -0.25) is 9.69 Å². The number of urea groups is 1. The van der Waals surface area contributed by atoms with Gasteiger partial charge in [-0.05, 0) is 50.8 Å². The standard InChI is InChI=1S/C23H32ClN3O3/c1-16-15-27(20-14-18(24)8-9-21(20)30-16)23(29)26-12-10-17(11-13-26)22(28)25-19-6-4-2-3-5-7-19/h8-9,14,16-17,19H,2-7,10-13,15H2,1H3,(H,25,28)/t16-/m0/s1. The van der Waals surface area contributed by atoms with Crippen molar-refractivity contribution >= 4 is 29.2 Å². The molecule has 7 heteroatoms. The Morgan fingerprint density at radius 2 is 1.77 bits per heavy atom. The average molecular weight is 434 g/mol. The number of hydrogen-bond acceptors (Lipinski definition) is 3. The Labute approximate surface area is 183 Å². The number of benzene rings is 1. The van der Waals surface area contributed by atoms with E-state index in [1.54, 1.807) is 17.0 Å². The normalized spacial score (nSPS) is 23.3. The lowest BCUT2D eigenvalue weighted by atomic mass is 9.95. The van der Waals surface area contributed by atoms with Gasteiger partial charge in [0.15, 0.2) is 0 Å². The molecule has 2 fully saturated rings. The van der Waals surface area contributed by atoms with E-state index < -0.39 is 0 Å². The topological polar surface area (TPSA) is 61.9 Å². The number of carbonyl (C=O) groups excluding carboxylic acids is 2. The summed E-state index contributed by atoms with van der Waals surface area (Å²) in [5.74, 6) is 0.859. The first-order chi connectivity index (χ1) is 14.5. The van der Waals surface area contributed by atoms with Crippen LogP contribution in [0.1, 0.15) is 58.3 Å². The minimum atomic E-state index is -0.0782. The third-order valence-electron chi connectivity index (χ3n) is 6.55. The number of nitrogens with zero attached hydrogens (tertiary/aromatic N) is 2. The van der Waals surface area contributed by atoms with Crippen LogP contribution in [0.25, 0.3) is 0 Å². The number of nitrogens with one attached hydrogen (secondary N) is 1. The van der Waals surface area contributed by atoms with Crippen LogP contribution in [0.5, 0.6) is 5.75 Å². The Morgan fingerprint density at radius 1 is 1.07 bits per heavy atom. The Hall–Kier alpha value is -1.95. The van der Waals surface area contributed by atoms with Crippen LogP contribution < -0.4 is 15.0 Å². The van der Waals surface area contributed by atoms with Crippen molar-refractivity contribution in [2.45, 2.75) is 70.4 Å². The summed E-state index contributed by atoms with van der Waals surface area (Å²) in [6.07, 6.45) is 8.52. The summed E-state index contributed by atoms with van der Waals surface area (Å²) in [4.78, 5) is 29.6. The summed E-state index contributed by atoms with van der Waals surface area (Å²) in [5.41, 5.74) is 0.721. The van der Waals surface area contributed by atoms with Gasteiger partial charge in [-0.15, -0.1) is 0 Å². The molecule has 1 aliphatic carbocycles. The van der Waals surface area contributed by atoms with Crippen LogP contribution in [0, 0.1) is 5.92 Å². The van der Waals surface area contributed by atoms with E-state index in [1.165, 1.54) is 25.7 Å². The van der Waals surface area contributed by atoms with E-state index in [-0.39, 0.29) is 24.0 Å². The molecular formula is C23H32ClN3O3. The van der Waals surface area contributed by atoms with Gasteiger partial charge in [0.1, 0.15) is 11.9 Å². The summed E-state index contributed by atoms with van der Waals surface area (Å²) in [5, 5.41) is 3.86. The van der Waals surface area contributed by atoms with Gasteiger partial charge in [-0.1, -0.05) is 37.3 Å². The number of ether oxygens (including phenoxy) is 1. The first-order valence-corrected chi connectivity index (χ1v) is 11.7. The molecule has 0 radical (unpaired) electrons. The van der Waals surface area contributed by atoms with Crippen LogP contribution in [0.4, 0.5) is 10.5 Å². The molecule has 0 spiro atoms. The van der Waals surface area contributed by atoms with Crippen molar-refractivity contribution < 1.29 is 14.3 Å². The number of anilines is 1. The second-order valence-corrected chi connectivity index (χ2v) is 9.33. The first-order valence-electron chi connectivity index (χ1n) is 11.3. The van der Waals surface area contributed by atoms with Gasteiger partial charge in [0.05, 0.1) is 12.2 Å². The SMILES string of the molecule is C[C@H]1CN(C(=O)N2CCC(C(=O)NC3CCCCCC3)CC2)c2cc(Cl)ccc2O1. The molecule has 3 aliphatic rings. The van der Waals surface area contributed by atoms with Crippen LogP contribution in [0.3, 0.4) is 0 Å². The fourth-order valence-electron chi connectivity index (χ4n) is 4.84. The molecule has 164 valence electrons. The maximum absolute atomic E-state index is 13.3. The van der Waals surface area contributed by atoms with Gasteiger partial charge < -0.3 is 15.0 Å². The van der Waals surface area contributed by atoms with E-state index in [9.17, 15) is 9.59 Å². The molecule has 2 aliphatic heterocycles. The lowest BCUT2D eigenvalue weighted by molar-refractivity contribution is -0.127. The van der Waals surface area contributed by atoms with Crippen molar-refractivity contribution in [3.05, 3.63) is 23.2 Å². The molecule has 0 bridgehead atoms. The third kappa shape index (κ3) is 4.85. The maximum Gasteiger partial charge on any atom is 0.324 e. The van der Waals surface area contributed by atoms with Crippen molar-refractivity contribution in [3.8, 4) is 5.75 Å². The molecule has 1 aromatic carbocycles. The van der Waals surface area contributed by atoms with Crippen molar-refractivity contribution in [2.24, 2.45) is 5.92 Å². The number of carbonyl (C=O) groups is 2. The largest absolute Gasteiger partial charge is 0.487 e.